The molecule has 1 saturated heterocycles. The van der Waals surface area contributed by atoms with Gasteiger partial charge >= 0.3 is 0 Å². The molecule has 144 valence electrons. The third-order valence-corrected chi connectivity index (χ3v) is 6.94. The Morgan fingerprint density at radius 1 is 1.04 bits per heavy atom. The van der Waals surface area contributed by atoms with Crippen molar-refractivity contribution in [2.24, 2.45) is 5.92 Å². The monoisotopic (exact) mass is 388 g/mol. The molecule has 2 aromatic rings. The number of hydrogen-bond acceptors (Lipinski definition) is 5. The molecule has 1 amide bonds. The molecule has 2 fully saturated rings. The average Bonchev–Trinajstić information content (AvgIpc) is 3.38. The first kappa shape index (κ1) is 18.3. The number of hydrogen-bond donors (Lipinski definition) is 0. The van der Waals surface area contributed by atoms with Crippen LogP contribution < -0.4 is 0 Å². The van der Waals surface area contributed by atoms with E-state index in [0.29, 0.717) is 18.7 Å². The van der Waals surface area contributed by atoms with E-state index in [9.17, 15) is 13.2 Å². The maximum atomic E-state index is 12.9. The lowest BCUT2D eigenvalue weighted by molar-refractivity contribution is 0.0600. The van der Waals surface area contributed by atoms with Crippen LogP contribution in [0.1, 0.15) is 29.0 Å². The highest BCUT2D eigenvalue weighted by Gasteiger charge is 2.30. The van der Waals surface area contributed by atoms with E-state index in [0.717, 1.165) is 25.6 Å². The Balaban J connectivity index is 1.43. The van der Waals surface area contributed by atoms with Gasteiger partial charge in [0.15, 0.2) is 15.6 Å². The van der Waals surface area contributed by atoms with Crippen LogP contribution in [0.15, 0.2) is 52.0 Å². The van der Waals surface area contributed by atoms with Crippen molar-refractivity contribution in [1.82, 2.24) is 9.80 Å². The summed E-state index contributed by atoms with van der Waals surface area (Å²) in [6, 6.07) is 9.86. The Morgan fingerprint density at radius 2 is 1.74 bits per heavy atom. The summed E-state index contributed by atoms with van der Waals surface area (Å²) in [6.45, 7) is 4.15. The fourth-order valence-corrected chi connectivity index (χ4v) is 4.87. The molecule has 1 aromatic heterocycles. The molecule has 0 radical (unpaired) electrons. The maximum Gasteiger partial charge on any atom is 0.289 e. The number of carbonyl (C=O) groups excluding carboxylic acids is 1. The first-order valence-electron chi connectivity index (χ1n) is 9.39. The van der Waals surface area contributed by atoms with Gasteiger partial charge in [-0.1, -0.05) is 18.2 Å². The second kappa shape index (κ2) is 7.48. The molecule has 7 heteroatoms. The number of benzene rings is 1. The molecule has 1 aromatic carbocycles. The molecule has 0 unspecified atom stereocenters. The summed E-state index contributed by atoms with van der Waals surface area (Å²) >= 11 is 0. The zero-order valence-corrected chi connectivity index (χ0v) is 16.0. The molecule has 2 heterocycles. The van der Waals surface area contributed by atoms with Crippen LogP contribution in [-0.2, 0) is 15.6 Å². The van der Waals surface area contributed by atoms with Crippen LogP contribution in [0.2, 0.25) is 0 Å². The Labute approximate surface area is 159 Å². The minimum atomic E-state index is -3.52. The summed E-state index contributed by atoms with van der Waals surface area (Å²) in [5.74, 6) is 0.526. The summed E-state index contributed by atoms with van der Waals surface area (Å²) in [6.07, 6.45) is 4.04. The third-order valence-electron chi connectivity index (χ3n) is 5.26. The van der Waals surface area contributed by atoms with E-state index >= 15 is 0 Å². The van der Waals surface area contributed by atoms with Gasteiger partial charge in [-0.2, -0.15) is 0 Å². The highest BCUT2D eigenvalue weighted by atomic mass is 32.2. The van der Waals surface area contributed by atoms with E-state index in [-0.39, 0.29) is 22.3 Å². The fraction of sp³-hybridized carbons (Fsp3) is 0.450. The summed E-state index contributed by atoms with van der Waals surface area (Å²) in [7, 11) is -3.52. The topological polar surface area (TPSA) is 70.8 Å². The van der Waals surface area contributed by atoms with E-state index in [1.807, 2.05) is 0 Å². The van der Waals surface area contributed by atoms with Gasteiger partial charge in [0.2, 0.25) is 0 Å². The maximum absolute atomic E-state index is 12.9. The van der Waals surface area contributed by atoms with Gasteiger partial charge in [0, 0.05) is 38.3 Å². The standard InChI is InChI=1S/C20H24N2O4S/c23-20(22-11-9-21(10-12-22)14-16-6-7-16)19-17(8-13-26-19)15-27(24,25)18-4-2-1-3-5-18/h1-5,8,13,16H,6-7,9-12,14-15H2. The van der Waals surface area contributed by atoms with Crippen LogP contribution in [0.3, 0.4) is 0 Å². The molecule has 0 atom stereocenters. The van der Waals surface area contributed by atoms with Crippen molar-refractivity contribution in [3.63, 3.8) is 0 Å². The molecule has 2 aliphatic rings. The van der Waals surface area contributed by atoms with Crippen LogP contribution in [0.5, 0.6) is 0 Å². The molecular weight excluding hydrogens is 364 g/mol. The van der Waals surface area contributed by atoms with Gasteiger partial charge in [-0.25, -0.2) is 8.42 Å². The van der Waals surface area contributed by atoms with Crippen LogP contribution in [-0.4, -0.2) is 56.8 Å². The summed E-state index contributed by atoms with van der Waals surface area (Å²) < 4.78 is 30.7. The average molecular weight is 388 g/mol. The summed E-state index contributed by atoms with van der Waals surface area (Å²) in [5.41, 5.74) is 0.421. The van der Waals surface area contributed by atoms with Gasteiger partial charge in [-0.05, 0) is 37.0 Å². The van der Waals surface area contributed by atoms with Crippen molar-refractivity contribution in [1.29, 1.82) is 0 Å². The summed E-state index contributed by atoms with van der Waals surface area (Å²) in [4.78, 5) is 17.3. The molecule has 1 aliphatic carbocycles. The fourth-order valence-electron chi connectivity index (χ4n) is 3.50. The highest BCUT2D eigenvalue weighted by molar-refractivity contribution is 7.90. The molecule has 1 saturated carbocycles. The molecule has 0 bridgehead atoms. The van der Waals surface area contributed by atoms with Crippen LogP contribution in [0, 0.1) is 5.92 Å². The second-order valence-electron chi connectivity index (χ2n) is 7.38. The Morgan fingerprint density at radius 3 is 2.41 bits per heavy atom. The lowest BCUT2D eigenvalue weighted by Gasteiger charge is -2.34. The van der Waals surface area contributed by atoms with E-state index in [2.05, 4.69) is 4.90 Å². The number of carbonyl (C=O) groups is 1. The van der Waals surface area contributed by atoms with Crippen LogP contribution in [0.25, 0.3) is 0 Å². The number of amides is 1. The number of piperazine rings is 1. The largest absolute Gasteiger partial charge is 0.459 e. The number of rotatable bonds is 6. The molecule has 4 rings (SSSR count). The van der Waals surface area contributed by atoms with Gasteiger partial charge in [0.25, 0.3) is 5.91 Å². The molecule has 1 aliphatic heterocycles. The minimum absolute atomic E-state index is 0.144. The van der Waals surface area contributed by atoms with Crippen molar-refractivity contribution in [3.8, 4) is 0 Å². The second-order valence-corrected chi connectivity index (χ2v) is 9.37. The number of nitrogens with zero attached hydrogens (tertiary/aromatic N) is 2. The van der Waals surface area contributed by atoms with E-state index < -0.39 is 9.84 Å². The molecule has 0 N–H and O–H groups in total. The third kappa shape index (κ3) is 4.25. The smallest absolute Gasteiger partial charge is 0.289 e. The van der Waals surface area contributed by atoms with Crippen molar-refractivity contribution in [2.45, 2.75) is 23.5 Å². The molecular formula is C20H24N2O4S. The van der Waals surface area contributed by atoms with E-state index in [4.69, 9.17) is 4.42 Å². The normalized spacial score (nSPS) is 18.6. The first-order valence-corrected chi connectivity index (χ1v) is 11.0. The van der Waals surface area contributed by atoms with E-state index in [1.165, 1.54) is 19.1 Å². The van der Waals surface area contributed by atoms with E-state index in [1.54, 1.807) is 41.3 Å². The van der Waals surface area contributed by atoms with Crippen LogP contribution >= 0.6 is 0 Å². The Kier molecular flexibility index (Phi) is 5.06. The predicted molar refractivity (Wildman–Crippen MR) is 101 cm³/mol. The minimum Gasteiger partial charge on any atom is -0.459 e. The first-order chi connectivity index (χ1) is 13.0. The van der Waals surface area contributed by atoms with Gasteiger partial charge in [-0.15, -0.1) is 0 Å². The summed E-state index contributed by atoms with van der Waals surface area (Å²) in [5, 5.41) is 0. The zero-order valence-electron chi connectivity index (χ0n) is 15.2. The Bertz CT molecular complexity index is 895. The van der Waals surface area contributed by atoms with Crippen molar-refractivity contribution >= 4 is 15.7 Å². The van der Waals surface area contributed by atoms with Crippen molar-refractivity contribution in [3.05, 3.63) is 54.0 Å². The van der Waals surface area contributed by atoms with Crippen LogP contribution in [0.4, 0.5) is 0 Å². The number of sulfone groups is 1. The van der Waals surface area contributed by atoms with Gasteiger partial charge in [-0.3, -0.25) is 9.69 Å². The quantitative estimate of drug-likeness (QED) is 0.760. The molecule has 27 heavy (non-hydrogen) atoms. The van der Waals surface area contributed by atoms with Gasteiger partial charge < -0.3 is 9.32 Å². The van der Waals surface area contributed by atoms with Gasteiger partial charge in [0.1, 0.15) is 0 Å². The van der Waals surface area contributed by atoms with Crippen molar-refractivity contribution < 1.29 is 17.6 Å². The lowest BCUT2D eigenvalue weighted by atomic mass is 10.2. The molecule has 0 spiro atoms. The zero-order chi connectivity index (χ0) is 18.9. The van der Waals surface area contributed by atoms with Gasteiger partial charge in [0.05, 0.1) is 16.9 Å². The number of furan rings is 1. The Hall–Kier alpha value is -2.12. The van der Waals surface area contributed by atoms with Crippen molar-refractivity contribution in [2.75, 3.05) is 32.7 Å². The predicted octanol–water partition coefficient (Wildman–Crippen LogP) is 2.42. The SMILES string of the molecule is O=C(c1occc1CS(=O)(=O)c1ccccc1)N1CCN(CC2CC2)CC1. The lowest BCUT2D eigenvalue weighted by Crippen LogP contribution is -2.49. The molecule has 6 nitrogen and oxygen atoms in total. The highest BCUT2D eigenvalue weighted by Crippen LogP contribution is 2.30.